The average Bonchev–Trinajstić information content (AvgIpc) is 2.96. The summed E-state index contributed by atoms with van der Waals surface area (Å²) in [5, 5.41) is 9.97. The molecule has 1 N–H and O–H groups in total. The van der Waals surface area contributed by atoms with E-state index in [9.17, 15) is 0 Å². The number of hydrogen-bond acceptors (Lipinski definition) is 4. The quantitative estimate of drug-likeness (QED) is 0.779. The second-order valence-corrected chi connectivity index (χ2v) is 5.22. The Morgan fingerprint density at radius 3 is 3.11 bits per heavy atom. The Kier molecular flexibility index (Phi) is 4.92. The molecule has 0 aliphatic carbocycles. The summed E-state index contributed by atoms with van der Waals surface area (Å²) in [5.41, 5.74) is 2.35. The van der Waals surface area contributed by atoms with Crippen LogP contribution in [0.3, 0.4) is 0 Å². The standard InChI is InChI=1S/C13H19N3OS/c1-11-12(8-14-5-6-17-2)9-16(15-11)10-13-4-3-7-18-13/h3-4,7,9,14H,5-6,8,10H2,1-2H3. The number of methoxy groups -OCH3 is 1. The van der Waals surface area contributed by atoms with Crippen LogP contribution in [0.15, 0.2) is 23.7 Å². The summed E-state index contributed by atoms with van der Waals surface area (Å²) in [6.07, 6.45) is 2.12. The van der Waals surface area contributed by atoms with Gasteiger partial charge in [0, 0.05) is 36.8 Å². The second-order valence-electron chi connectivity index (χ2n) is 4.19. The molecule has 0 aliphatic rings. The first-order valence-electron chi connectivity index (χ1n) is 6.04. The zero-order valence-corrected chi connectivity index (χ0v) is 11.7. The van der Waals surface area contributed by atoms with Gasteiger partial charge < -0.3 is 10.1 Å². The van der Waals surface area contributed by atoms with Gasteiger partial charge in [-0.1, -0.05) is 6.07 Å². The maximum Gasteiger partial charge on any atom is 0.0752 e. The van der Waals surface area contributed by atoms with Gasteiger partial charge in [-0.25, -0.2) is 0 Å². The van der Waals surface area contributed by atoms with Crippen LogP contribution < -0.4 is 5.32 Å². The normalized spacial score (nSPS) is 11.0. The van der Waals surface area contributed by atoms with Crippen molar-refractivity contribution in [1.29, 1.82) is 0 Å². The van der Waals surface area contributed by atoms with Gasteiger partial charge in [0.1, 0.15) is 0 Å². The SMILES string of the molecule is COCCNCc1cn(Cc2cccs2)nc1C. The van der Waals surface area contributed by atoms with Crippen LogP contribution in [0, 0.1) is 6.92 Å². The molecule has 0 saturated heterocycles. The lowest BCUT2D eigenvalue weighted by Gasteiger charge is -2.02. The highest BCUT2D eigenvalue weighted by molar-refractivity contribution is 7.09. The van der Waals surface area contributed by atoms with Crippen LogP contribution >= 0.6 is 11.3 Å². The van der Waals surface area contributed by atoms with Gasteiger partial charge in [0.05, 0.1) is 18.8 Å². The van der Waals surface area contributed by atoms with Crippen molar-refractivity contribution in [2.45, 2.75) is 20.0 Å². The molecule has 0 bridgehead atoms. The Balaban J connectivity index is 1.90. The van der Waals surface area contributed by atoms with Crippen molar-refractivity contribution in [1.82, 2.24) is 15.1 Å². The van der Waals surface area contributed by atoms with Crippen molar-refractivity contribution in [2.75, 3.05) is 20.3 Å². The molecule has 0 aliphatic heterocycles. The fourth-order valence-electron chi connectivity index (χ4n) is 1.77. The van der Waals surface area contributed by atoms with Gasteiger partial charge in [-0.05, 0) is 18.4 Å². The fraction of sp³-hybridized carbons (Fsp3) is 0.462. The monoisotopic (exact) mass is 265 g/mol. The van der Waals surface area contributed by atoms with Crippen molar-refractivity contribution in [2.24, 2.45) is 0 Å². The van der Waals surface area contributed by atoms with Gasteiger partial charge in [-0.15, -0.1) is 11.3 Å². The van der Waals surface area contributed by atoms with E-state index in [4.69, 9.17) is 4.74 Å². The van der Waals surface area contributed by atoms with Gasteiger partial charge in [0.15, 0.2) is 0 Å². The third kappa shape index (κ3) is 3.66. The lowest BCUT2D eigenvalue weighted by Crippen LogP contribution is -2.18. The summed E-state index contributed by atoms with van der Waals surface area (Å²) in [4.78, 5) is 1.33. The lowest BCUT2D eigenvalue weighted by atomic mass is 10.2. The number of nitrogens with one attached hydrogen (secondary N) is 1. The van der Waals surface area contributed by atoms with Crippen molar-refractivity contribution in [3.05, 3.63) is 39.8 Å². The summed E-state index contributed by atoms with van der Waals surface area (Å²) in [6.45, 7) is 5.36. The smallest absolute Gasteiger partial charge is 0.0752 e. The third-order valence-electron chi connectivity index (χ3n) is 2.74. The highest BCUT2D eigenvalue weighted by atomic mass is 32.1. The summed E-state index contributed by atoms with van der Waals surface area (Å²) >= 11 is 1.76. The van der Waals surface area contributed by atoms with Crippen LogP contribution in [-0.4, -0.2) is 30.0 Å². The number of aryl methyl sites for hydroxylation is 1. The molecule has 0 spiro atoms. The van der Waals surface area contributed by atoms with Crippen LogP contribution in [-0.2, 0) is 17.8 Å². The Bertz CT molecular complexity index is 465. The number of hydrogen-bond donors (Lipinski definition) is 1. The van der Waals surface area contributed by atoms with Gasteiger partial charge in [-0.3, -0.25) is 4.68 Å². The number of ether oxygens (including phenoxy) is 1. The molecule has 0 radical (unpaired) electrons. The van der Waals surface area contributed by atoms with Crippen LogP contribution in [0.5, 0.6) is 0 Å². The molecule has 2 heterocycles. The van der Waals surface area contributed by atoms with E-state index in [0.717, 1.165) is 31.9 Å². The van der Waals surface area contributed by atoms with Gasteiger partial charge in [0.25, 0.3) is 0 Å². The van der Waals surface area contributed by atoms with E-state index in [2.05, 4.69) is 41.0 Å². The molecule has 2 rings (SSSR count). The molecule has 0 unspecified atom stereocenters. The first-order valence-corrected chi connectivity index (χ1v) is 6.92. The Hall–Kier alpha value is -1.17. The molecule has 0 aromatic carbocycles. The second kappa shape index (κ2) is 6.68. The number of thiophene rings is 1. The number of nitrogens with zero attached hydrogens (tertiary/aromatic N) is 2. The van der Waals surface area contributed by atoms with Crippen LogP contribution in [0.2, 0.25) is 0 Å². The lowest BCUT2D eigenvalue weighted by molar-refractivity contribution is 0.199. The predicted molar refractivity (Wildman–Crippen MR) is 74.0 cm³/mol. The molecule has 4 nitrogen and oxygen atoms in total. The molecule has 0 atom stereocenters. The first kappa shape index (κ1) is 13.3. The number of aromatic nitrogens is 2. The van der Waals surface area contributed by atoms with Crippen molar-refractivity contribution >= 4 is 11.3 Å². The van der Waals surface area contributed by atoms with Crippen LogP contribution in [0.1, 0.15) is 16.1 Å². The van der Waals surface area contributed by atoms with E-state index in [-0.39, 0.29) is 0 Å². The summed E-state index contributed by atoms with van der Waals surface area (Å²) in [6, 6.07) is 4.21. The first-order chi connectivity index (χ1) is 8.79. The molecule has 2 aromatic rings. The Morgan fingerprint density at radius 1 is 1.50 bits per heavy atom. The molecule has 18 heavy (non-hydrogen) atoms. The maximum atomic E-state index is 5.00. The van der Waals surface area contributed by atoms with Gasteiger partial charge in [0.2, 0.25) is 0 Å². The van der Waals surface area contributed by atoms with Crippen molar-refractivity contribution in [3.63, 3.8) is 0 Å². The Morgan fingerprint density at radius 2 is 2.39 bits per heavy atom. The fourth-order valence-corrected chi connectivity index (χ4v) is 2.47. The van der Waals surface area contributed by atoms with E-state index in [1.54, 1.807) is 18.4 Å². The third-order valence-corrected chi connectivity index (χ3v) is 3.61. The van der Waals surface area contributed by atoms with Crippen LogP contribution in [0.25, 0.3) is 0 Å². The maximum absolute atomic E-state index is 5.00. The minimum Gasteiger partial charge on any atom is -0.383 e. The molecule has 98 valence electrons. The van der Waals surface area contributed by atoms with E-state index in [1.165, 1.54) is 10.4 Å². The van der Waals surface area contributed by atoms with E-state index >= 15 is 0 Å². The number of rotatable bonds is 7. The molecule has 5 heteroatoms. The van der Waals surface area contributed by atoms with Gasteiger partial charge >= 0.3 is 0 Å². The zero-order chi connectivity index (χ0) is 12.8. The van der Waals surface area contributed by atoms with Gasteiger partial charge in [-0.2, -0.15) is 5.10 Å². The highest BCUT2D eigenvalue weighted by Gasteiger charge is 2.05. The highest BCUT2D eigenvalue weighted by Crippen LogP contribution is 2.12. The minimum atomic E-state index is 0.738. The molecule has 2 aromatic heterocycles. The summed E-state index contributed by atoms with van der Waals surface area (Å²) < 4.78 is 7.01. The van der Waals surface area contributed by atoms with Crippen molar-refractivity contribution in [3.8, 4) is 0 Å². The molecular formula is C13H19N3OS. The average molecular weight is 265 g/mol. The Labute approximate surface area is 112 Å². The topological polar surface area (TPSA) is 39.1 Å². The van der Waals surface area contributed by atoms with Crippen LogP contribution in [0.4, 0.5) is 0 Å². The minimum absolute atomic E-state index is 0.738. The predicted octanol–water partition coefficient (Wildman–Crippen LogP) is 2.04. The summed E-state index contributed by atoms with van der Waals surface area (Å²) in [7, 11) is 1.71. The van der Waals surface area contributed by atoms with E-state index in [1.807, 2.05) is 4.68 Å². The van der Waals surface area contributed by atoms with Crippen molar-refractivity contribution < 1.29 is 4.74 Å². The molecule has 0 saturated carbocycles. The summed E-state index contributed by atoms with van der Waals surface area (Å²) in [5.74, 6) is 0. The zero-order valence-electron chi connectivity index (χ0n) is 10.8. The molecule has 0 fully saturated rings. The van der Waals surface area contributed by atoms with E-state index < -0.39 is 0 Å². The van der Waals surface area contributed by atoms with E-state index in [0.29, 0.717) is 0 Å². The molecule has 0 amide bonds. The molecular weight excluding hydrogens is 246 g/mol. The largest absolute Gasteiger partial charge is 0.383 e.